The SMILES string of the molecule is Cc1ccc2c3nc4nc(nc5[nH]c(nc6nc(nc([nH]3)c2c1C)-c1ccccc1-6)c1ccccc51)-c1ccccc1-4.[Cu]. The molecule has 2 N–H and O–H groups in total. The first-order valence-electron chi connectivity index (χ1n) is 13.8. The fourth-order valence-corrected chi connectivity index (χ4v) is 6.00. The Morgan fingerprint density at radius 1 is 0.419 bits per heavy atom. The van der Waals surface area contributed by atoms with Crippen molar-refractivity contribution in [2.24, 2.45) is 0 Å². The van der Waals surface area contributed by atoms with Gasteiger partial charge in [-0.15, -0.1) is 0 Å². The van der Waals surface area contributed by atoms with Gasteiger partial charge in [0.2, 0.25) is 0 Å². The van der Waals surface area contributed by atoms with Crippen LogP contribution in [-0.4, -0.2) is 39.9 Å². The molecule has 209 valence electrons. The number of nitrogens with zero attached hydrogens (tertiary/aromatic N) is 6. The van der Waals surface area contributed by atoms with E-state index in [4.69, 9.17) is 29.9 Å². The first-order chi connectivity index (χ1) is 20.6. The molecular formula is C34H22CuN8. The molecule has 0 unspecified atom stereocenters. The third-order valence-electron chi connectivity index (χ3n) is 8.25. The van der Waals surface area contributed by atoms with Gasteiger partial charge in [0, 0.05) is 60.9 Å². The number of H-pyrrole nitrogens is 2. The van der Waals surface area contributed by atoms with Crippen LogP contribution < -0.4 is 0 Å². The van der Waals surface area contributed by atoms with Gasteiger partial charge in [-0.25, -0.2) is 29.9 Å². The Morgan fingerprint density at radius 3 is 1.30 bits per heavy atom. The third-order valence-corrected chi connectivity index (χ3v) is 8.25. The average molecular weight is 606 g/mol. The minimum atomic E-state index is 0. The summed E-state index contributed by atoms with van der Waals surface area (Å²) in [5.74, 6) is 2.40. The quantitative estimate of drug-likeness (QED) is 0.173. The predicted octanol–water partition coefficient (Wildman–Crippen LogP) is 7.48. The van der Waals surface area contributed by atoms with Crippen molar-refractivity contribution in [2.45, 2.75) is 13.8 Å². The molecule has 7 aromatic rings. The van der Waals surface area contributed by atoms with Crippen LogP contribution in [0.2, 0.25) is 0 Å². The largest absolute Gasteiger partial charge is 0.324 e. The first kappa shape index (κ1) is 25.5. The van der Waals surface area contributed by atoms with Gasteiger partial charge in [-0.3, -0.25) is 0 Å². The molecule has 8 bridgehead atoms. The van der Waals surface area contributed by atoms with Crippen molar-refractivity contribution in [1.82, 2.24) is 39.9 Å². The van der Waals surface area contributed by atoms with Crippen LogP contribution in [0.4, 0.5) is 0 Å². The van der Waals surface area contributed by atoms with Crippen LogP contribution in [0.25, 0.3) is 89.7 Å². The van der Waals surface area contributed by atoms with E-state index in [-0.39, 0.29) is 17.1 Å². The number of benzene rings is 4. The molecule has 4 aromatic carbocycles. The second-order valence-corrected chi connectivity index (χ2v) is 10.7. The topological polar surface area (TPSA) is 109 Å². The first-order valence-corrected chi connectivity index (χ1v) is 13.8. The third kappa shape index (κ3) is 3.75. The molecule has 9 rings (SSSR count). The maximum absolute atomic E-state index is 5.12. The number of aromatic nitrogens is 8. The van der Waals surface area contributed by atoms with Crippen LogP contribution in [-0.2, 0) is 17.1 Å². The van der Waals surface area contributed by atoms with E-state index in [2.05, 4.69) is 35.9 Å². The smallest absolute Gasteiger partial charge is 0.164 e. The molecule has 0 saturated carbocycles. The van der Waals surface area contributed by atoms with Crippen molar-refractivity contribution in [2.75, 3.05) is 0 Å². The fourth-order valence-electron chi connectivity index (χ4n) is 6.00. The van der Waals surface area contributed by atoms with E-state index in [1.165, 1.54) is 5.56 Å². The molecular weight excluding hydrogens is 584 g/mol. The van der Waals surface area contributed by atoms with Crippen LogP contribution in [0.1, 0.15) is 11.1 Å². The van der Waals surface area contributed by atoms with Gasteiger partial charge in [0.05, 0.1) is 0 Å². The molecule has 0 fully saturated rings. The Morgan fingerprint density at radius 2 is 0.814 bits per heavy atom. The van der Waals surface area contributed by atoms with Crippen LogP contribution in [0.5, 0.6) is 0 Å². The van der Waals surface area contributed by atoms with Crippen molar-refractivity contribution in [3.05, 3.63) is 96.1 Å². The summed E-state index contributed by atoms with van der Waals surface area (Å²) >= 11 is 0. The Labute approximate surface area is 255 Å². The summed E-state index contributed by atoms with van der Waals surface area (Å²) in [6.07, 6.45) is 0. The van der Waals surface area contributed by atoms with Crippen molar-refractivity contribution in [3.63, 3.8) is 0 Å². The second kappa shape index (κ2) is 9.39. The van der Waals surface area contributed by atoms with E-state index in [1.807, 2.05) is 72.8 Å². The van der Waals surface area contributed by atoms with E-state index in [1.54, 1.807) is 0 Å². The Hall–Kier alpha value is -5.24. The van der Waals surface area contributed by atoms with Crippen LogP contribution in [0.15, 0.2) is 84.9 Å². The summed E-state index contributed by atoms with van der Waals surface area (Å²) in [5.41, 5.74) is 8.82. The van der Waals surface area contributed by atoms with Crippen LogP contribution in [0, 0.1) is 13.8 Å². The molecule has 2 aliphatic rings. The summed E-state index contributed by atoms with van der Waals surface area (Å²) < 4.78 is 0. The van der Waals surface area contributed by atoms with Crippen LogP contribution in [0.3, 0.4) is 0 Å². The number of nitrogens with one attached hydrogen (secondary N) is 2. The van der Waals surface area contributed by atoms with E-state index in [9.17, 15) is 0 Å². The zero-order valence-corrected chi connectivity index (χ0v) is 24.0. The second-order valence-electron chi connectivity index (χ2n) is 10.7. The molecule has 0 spiro atoms. The minimum absolute atomic E-state index is 0. The fraction of sp³-hybridized carbons (Fsp3) is 0.0588. The van der Waals surface area contributed by atoms with Gasteiger partial charge in [-0.05, 0) is 25.0 Å². The summed E-state index contributed by atoms with van der Waals surface area (Å²) in [5, 5.41) is 3.91. The minimum Gasteiger partial charge on any atom is -0.324 e. The Balaban J connectivity index is 0.00000278. The zero-order chi connectivity index (χ0) is 27.9. The van der Waals surface area contributed by atoms with Crippen molar-refractivity contribution >= 4 is 44.1 Å². The van der Waals surface area contributed by atoms with Gasteiger partial charge in [0.1, 0.15) is 22.6 Å². The number of aromatic amines is 2. The molecule has 8 nitrogen and oxygen atoms in total. The molecule has 2 aliphatic heterocycles. The van der Waals surface area contributed by atoms with E-state index < -0.39 is 0 Å². The predicted molar refractivity (Wildman–Crippen MR) is 166 cm³/mol. The average Bonchev–Trinajstić information content (AvgIpc) is 3.74. The molecule has 1 radical (unpaired) electrons. The van der Waals surface area contributed by atoms with Crippen LogP contribution >= 0.6 is 0 Å². The van der Waals surface area contributed by atoms with Gasteiger partial charge in [-0.2, -0.15) is 0 Å². The van der Waals surface area contributed by atoms with Gasteiger partial charge < -0.3 is 9.97 Å². The monoisotopic (exact) mass is 605 g/mol. The van der Waals surface area contributed by atoms with Gasteiger partial charge >= 0.3 is 0 Å². The molecule has 43 heavy (non-hydrogen) atoms. The summed E-state index contributed by atoms with van der Waals surface area (Å²) in [6, 6.07) is 28.5. The van der Waals surface area contributed by atoms with Crippen molar-refractivity contribution in [3.8, 4) is 45.6 Å². The zero-order valence-electron chi connectivity index (χ0n) is 23.1. The molecule has 0 saturated heterocycles. The molecule has 5 heterocycles. The number of hydrogen-bond acceptors (Lipinski definition) is 6. The Bertz CT molecular complexity index is 2450. The number of rotatable bonds is 0. The summed E-state index contributed by atoms with van der Waals surface area (Å²) in [7, 11) is 0. The van der Waals surface area contributed by atoms with Gasteiger partial charge in [0.25, 0.3) is 0 Å². The van der Waals surface area contributed by atoms with Crippen molar-refractivity contribution in [1.29, 1.82) is 0 Å². The van der Waals surface area contributed by atoms with Crippen molar-refractivity contribution < 1.29 is 17.1 Å². The van der Waals surface area contributed by atoms with Gasteiger partial charge in [0.15, 0.2) is 23.3 Å². The molecule has 0 aliphatic carbocycles. The molecule has 3 aromatic heterocycles. The Kier molecular flexibility index (Phi) is 5.56. The van der Waals surface area contributed by atoms with E-state index >= 15 is 0 Å². The number of aryl methyl sites for hydroxylation is 2. The maximum Gasteiger partial charge on any atom is 0.164 e. The molecule has 0 amide bonds. The normalized spacial score (nSPS) is 11.8. The standard InChI is InChI=1S/C34H22N8.Cu/c1-17-15-16-25-26(18(17)2)34-41-32-24-14-8-7-13-23(24)30(39-32)37-28-20-10-4-3-9-19(20)27(35-28)36-29-21-11-5-6-12-22(21)31(38-29)40-33(25)42-34;/h3-16H,1-2H3,(H2,35,36,37,38,39,40,41,42);. The van der Waals surface area contributed by atoms with E-state index in [0.717, 1.165) is 49.4 Å². The maximum atomic E-state index is 5.12. The number of fused-ring (bicyclic) bond motifs is 20. The summed E-state index contributed by atoms with van der Waals surface area (Å²) in [6.45, 7) is 4.23. The van der Waals surface area contributed by atoms with Gasteiger partial charge in [-0.1, -0.05) is 84.9 Å². The number of hydrogen-bond donors (Lipinski definition) is 2. The summed E-state index contributed by atoms with van der Waals surface area (Å²) in [4.78, 5) is 37.2. The molecule has 9 heteroatoms. The molecule has 0 atom stereocenters. The van der Waals surface area contributed by atoms with E-state index in [0.29, 0.717) is 45.9 Å².